The molecule has 1 amide bonds. The molecule has 0 fully saturated rings. The van der Waals surface area contributed by atoms with Crippen LogP contribution in [-0.4, -0.2) is 31.8 Å². The van der Waals surface area contributed by atoms with E-state index in [9.17, 15) is 4.79 Å². The second-order valence-corrected chi connectivity index (χ2v) is 4.60. The number of hydrogen-bond donors (Lipinski definition) is 2. The number of hydrogen-bond acceptors (Lipinski definition) is 3. The van der Waals surface area contributed by atoms with Crippen molar-refractivity contribution in [1.82, 2.24) is 10.6 Å². The summed E-state index contributed by atoms with van der Waals surface area (Å²) in [5.41, 5.74) is 0. The maximum Gasteiger partial charge on any atom is 0.230 e. The molecule has 88 valence electrons. The fraction of sp³-hybridized carbons (Fsp3) is 0.364. The highest BCUT2D eigenvalue weighted by atomic mass is 35.5. The third-order valence-corrected chi connectivity index (χ3v) is 3.41. The van der Waals surface area contributed by atoms with Crippen molar-refractivity contribution in [2.75, 3.05) is 25.9 Å². The molecule has 1 aromatic rings. The summed E-state index contributed by atoms with van der Waals surface area (Å²) in [6.45, 7) is 1.43. The van der Waals surface area contributed by atoms with Gasteiger partial charge in [-0.25, -0.2) is 0 Å². The fourth-order valence-corrected chi connectivity index (χ4v) is 2.15. The molecule has 0 unspecified atom stereocenters. The Morgan fingerprint density at radius 1 is 1.38 bits per heavy atom. The van der Waals surface area contributed by atoms with Crippen molar-refractivity contribution in [2.45, 2.75) is 4.90 Å². The van der Waals surface area contributed by atoms with Crippen LogP contribution < -0.4 is 10.6 Å². The predicted octanol–water partition coefficient (Wildman–Crippen LogP) is 1.77. The Hall–Kier alpha value is -0.710. The van der Waals surface area contributed by atoms with Gasteiger partial charge in [0.1, 0.15) is 0 Å². The van der Waals surface area contributed by atoms with Crippen LogP contribution in [0.25, 0.3) is 0 Å². The van der Waals surface area contributed by atoms with Crippen LogP contribution in [0.4, 0.5) is 0 Å². The number of likely N-dealkylation sites (N-methyl/N-ethyl adjacent to an activating group) is 1. The molecule has 0 heterocycles. The predicted molar refractivity (Wildman–Crippen MR) is 69.1 cm³/mol. The van der Waals surface area contributed by atoms with Crippen molar-refractivity contribution >= 4 is 29.3 Å². The van der Waals surface area contributed by atoms with Crippen molar-refractivity contribution in [2.24, 2.45) is 0 Å². The van der Waals surface area contributed by atoms with Gasteiger partial charge in [-0.15, -0.1) is 11.8 Å². The largest absolute Gasteiger partial charge is 0.354 e. The van der Waals surface area contributed by atoms with E-state index < -0.39 is 0 Å². The fourth-order valence-electron chi connectivity index (χ4n) is 1.08. The van der Waals surface area contributed by atoms with E-state index in [2.05, 4.69) is 10.6 Å². The number of carbonyl (C=O) groups is 1. The van der Waals surface area contributed by atoms with Crippen LogP contribution in [0, 0.1) is 0 Å². The molecule has 0 atom stereocenters. The average molecular weight is 259 g/mol. The van der Waals surface area contributed by atoms with Crippen molar-refractivity contribution in [3.63, 3.8) is 0 Å². The summed E-state index contributed by atoms with van der Waals surface area (Å²) in [7, 11) is 1.85. The van der Waals surface area contributed by atoms with Gasteiger partial charge in [-0.3, -0.25) is 4.79 Å². The van der Waals surface area contributed by atoms with Gasteiger partial charge in [0, 0.05) is 18.0 Å². The Morgan fingerprint density at radius 3 is 2.81 bits per heavy atom. The maximum atomic E-state index is 11.4. The normalized spacial score (nSPS) is 10.1. The quantitative estimate of drug-likeness (QED) is 0.604. The summed E-state index contributed by atoms with van der Waals surface area (Å²) >= 11 is 7.42. The topological polar surface area (TPSA) is 41.1 Å². The van der Waals surface area contributed by atoms with E-state index in [1.807, 2.05) is 31.3 Å². The molecule has 5 heteroatoms. The molecule has 1 rings (SSSR count). The summed E-state index contributed by atoms with van der Waals surface area (Å²) < 4.78 is 0. The van der Waals surface area contributed by atoms with E-state index in [4.69, 9.17) is 11.6 Å². The van der Waals surface area contributed by atoms with E-state index in [1.54, 1.807) is 0 Å². The Bertz CT molecular complexity index is 347. The number of rotatable bonds is 6. The van der Waals surface area contributed by atoms with E-state index in [0.717, 1.165) is 11.4 Å². The van der Waals surface area contributed by atoms with Crippen LogP contribution in [-0.2, 0) is 4.79 Å². The number of carbonyl (C=O) groups excluding carboxylic acids is 1. The minimum absolute atomic E-state index is 0.0279. The number of thioether (sulfide) groups is 1. The van der Waals surface area contributed by atoms with Crippen molar-refractivity contribution in [3.05, 3.63) is 29.3 Å². The van der Waals surface area contributed by atoms with Crippen molar-refractivity contribution in [3.8, 4) is 0 Å². The molecule has 1 aromatic carbocycles. The summed E-state index contributed by atoms with van der Waals surface area (Å²) in [5.74, 6) is 0.424. The minimum Gasteiger partial charge on any atom is -0.354 e. The third kappa shape index (κ3) is 4.88. The molecular formula is C11H15ClN2OS. The molecule has 0 saturated heterocycles. The molecule has 0 aliphatic carbocycles. The first-order valence-electron chi connectivity index (χ1n) is 5.02. The third-order valence-electron chi connectivity index (χ3n) is 1.89. The van der Waals surface area contributed by atoms with Crippen LogP contribution in [0.15, 0.2) is 29.2 Å². The van der Waals surface area contributed by atoms with Crippen LogP contribution in [0.5, 0.6) is 0 Å². The number of benzene rings is 1. The molecule has 0 aliphatic heterocycles. The minimum atomic E-state index is 0.0279. The summed E-state index contributed by atoms with van der Waals surface area (Å²) in [6.07, 6.45) is 0. The molecule has 3 nitrogen and oxygen atoms in total. The highest BCUT2D eigenvalue weighted by Gasteiger charge is 2.04. The second-order valence-electron chi connectivity index (χ2n) is 3.17. The van der Waals surface area contributed by atoms with E-state index in [-0.39, 0.29) is 5.91 Å². The lowest BCUT2D eigenvalue weighted by Gasteiger charge is -2.05. The number of halogens is 1. The van der Waals surface area contributed by atoms with Gasteiger partial charge in [0.25, 0.3) is 0 Å². The van der Waals surface area contributed by atoms with Crippen LogP contribution in [0.2, 0.25) is 5.02 Å². The van der Waals surface area contributed by atoms with Crippen molar-refractivity contribution in [1.29, 1.82) is 0 Å². The first kappa shape index (κ1) is 13.4. The lowest BCUT2D eigenvalue weighted by atomic mass is 10.4. The van der Waals surface area contributed by atoms with Gasteiger partial charge >= 0.3 is 0 Å². The van der Waals surface area contributed by atoms with Gasteiger partial charge in [0.05, 0.1) is 10.8 Å². The first-order chi connectivity index (χ1) is 7.74. The van der Waals surface area contributed by atoms with E-state index in [0.29, 0.717) is 17.3 Å². The molecule has 0 radical (unpaired) electrons. The molecule has 2 N–H and O–H groups in total. The average Bonchev–Trinajstić information content (AvgIpc) is 2.28. The molecule has 0 spiro atoms. The second kappa shape index (κ2) is 7.54. The standard InChI is InChI=1S/C11H15ClN2OS/c1-13-6-7-14-11(15)8-16-10-5-3-2-4-9(10)12/h2-5,13H,6-8H2,1H3,(H,14,15). The number of amides is 1. The van der Waals surface area contributed by atoms with E-state index >= 15 is 0 Å². The van der Waals surface area contributed by atoms with Crippen LogP contribution in [0.3, 0.4) is 0 Å². The van der Waals surface area contributed by atoms with Gasteiger partial charge < -0.3 is 10.6 Å². The molecule has 0 aromatic heterocycles. The smallest absolute Gasteiger partial charge is 0.230 e. The lowest BCUT2D eigenvalue weighted by molar-refractivity contribution is -0.118. The molecule has 16 heavy (non-hydrogen) atoms. The monoisotopic (exact) mass is 258 g/mol. The zero-order valence-corrected chi connectivity index (χ0v) is 10.7. The molecule has 0 aliphatic rings. The Kier molecular flexibility index (Phi) is 6.30. The first-order valence-corrected chi connectivity index (χ1v) is 6.39. The maximum absolute atomic E-state index is 11.4. The van der Waals surface area contributed by atoms with Gasteiger partial charge in [-0.05, 0) is 19.2 Å². The Morgan fingerprint density at radius 2 is 2.12 bits per heavy atom. The summed E-state index contributed by atoms with van der Waals surface area (Å²) in [4.78, 5) is 12.3. The Labute approximate surface area is 105 Å². The van der Waals surface area contributed by atoms with Gasteiger partial charge in [-0.2, -0.15) is 0 Å². The van der Waals surface area contributed by atoms with Crippen molar-refractivity contribution < 1.29 is 4.79 Å². The Balaban J connectivity index is 2.29. The van der Waals surface area contributed by atoms with Crippen LogP contribution in [0.1, 0.15) is 0 Å². The SMILES string of the molecule is CNCCNC(=O)CSc1ccccc1Cl. The molecular weight excluding hydrogens is 244 g/mol. The molecule has 0 saturated carbocycles. The van der Waals surface area contributed by atoms with Gasteiger partial charge in [0.15, 0.2) is 0 Å². The zero-order chi connectivity index (χ0) is 11.8. The van der Waals surface area contributed by atoms with Gasteiger partial charge in [-0.1, -0.05) is 23.7 Å². The zero-order valence-electron chi connectivity index (χ0n) is 9.13. The highest BCUT2D eigenvalue weighted by molar-refractivity contribution is 8.00. The summed E-state index contributed by atoms with van der Waals surface area (Å²) in [5, 5.41) is 6.46. The van der Waals surface area contributed by atoms with E-state index in [1.165, 1.54) is 11.8 Å². The van der Waals surface area contributed by atoms with Gasteiger partial charge in [0.2, 0.25) is 5.91 Å². The van der Waals surface area contributed by atoms with Crippen LogP contribution >= 0.6 is 23.4 Å². The highest BCUT2D eigenvalue weighted by Crippen LogP contribution is 2.25. The molecule has 0 bridgehead atoms. The lowest BCUT2D eigenvalue weighted by Crippen LogP contribution is -2.31. The number of nitrogens with one attached hydrogen (secondary N) is 2. The summed E-state index contributed by atoms with van der Waals surface area (Å²) in [6, 6.07) is 7.52.